The highest BCUT2D eigenvalue weighted by molar-refractivity contribution is 5.28. The minimum Gasteiger partial charge on any atom is -0.324 e. The third-order valence-corrected chi connectivity index (χ3v) is 3.29. The Labute approximate surface area is 89.9 Å². The first-order valence-corrected chi connectivity index (χ1v) is 5.35. The van der Waals surface area contributed by atoms with E-state index < -0.39 is 0 Å². The van der Waals surface area contributed by atoms with Gasteiger partial charge in [0.25, 0.3) is 0 Å². The standard InChI is InChI=1S/C12H18N2O/c1-12(2)6-9(13)8-4-5-11(15)14(3)10(8)7-12/h4-5,9H,6-7,13H2,1-3H3. The maximum atomic E-state index is 11.5. The SMILES string of the molecule is Cn1c2c(ccc1=O)C(N)CC(C)(C)C2. The van der Waals surface area contributed by atoms with Crippen LogP contribution in [0.15, 0.2) is 16.9 Å². The first kappa shape index (κ1) is 10.4. The van der Waals surface area contributed by atoms with Gasteiger partial charge in [0.05, 0.1) is 0 Å². The zero-order chi connectivity index (χ0) is 11.2. The van der Waals surface area contributed by atoms with Crippen LogP contribution < -0.4 is 11.3 Å². The van der Waals surface area contributed by atoms with Crippen LogP contribution in [-0.4, -0.2) is 4.57 Å². The Morgan fingerprint density at radius 2 is 2.13 bits per heavy atom. The molecule has 0 saturated heterocycles. The summed E-state index contributed by atoms with van der Waals surface area (Å²) in [5.74, 6) is 0. The predicted molar refractivity (Wildman–Crippen MR) is 60.7 cm³/mol. The summed E-state index contributed by atoms with van der Waals surface area (Å²) in [7, 11) is 1.83. The van der Waals surface area contributed by atoms with Gasteiger partial charge in [-0.3, -0.25) is 4.79 Å². The van der Waals surface area contributed by atoms with Gasteiger partial charge in [0.1, 0.15) is 0 Å². The van der Waals surface area contributed by atoms with E-state index in [2.05, 4.69) is 13.8 Å². The van der Waals surface area contributed by atoms with E-state index in [-0.39, 0.29) is 17.0 Å². The summed E-state index contributed by atoms with van der Waals surface area (Å²) in [4.78, 5) is 11.5. The summed E-state index contributed by atoms with van der Waals surface area (Å²) in [5, 5.41) is 0. The first-order chi connectivity index (χ1) is 6.91. The van der Waals surface area contributed by atoms with Crippen LogP contribution in [0.3, 0.4) is 0 Å². The average Bonchev–Trinajstić information content (AvgIpc) is 2.10. The normalized spacial score (nSPS) is 23.6. The second-order valence-electron chi connectivity index (χ2n) is 5.28. The number of nitrogens with two attached hydrogens (primary N) is 1. The van der Waals surface area contributed by atoms with Gasteiger partial charge in [-0.1, -0.05) is 19.9 Å². The van der Waals surface area contributed by atoms with Crippen LogP contribution in [0, 0.1) is 5.41 Å². The van der Waals surface area contributed by atoms with E-state index >= 15 is 0 Å². The highest BCUT2D eigenvalue weighted by Crippen LogP contribution is 2.38. The third-order valence-electron chi connectivity index (χ3n) is 3.29. The van der Waals surface area contributed by atoms with Gasteiger partial charge in [0.2, 0.25) is 5.56 Å². The molecule has 1 aliphatic rings. The number of nitrogens with zero attached hydrogens (tertiary/aromatic N) is 1. The molecule has 1 unspecified atom stereocenters. The number of fused-ring (bicyclic) bond motifs is 1. The van der Waals surface area contributed by atoms with E-state index in [1.54, 1.807) is 10.6 Å². The molecule has 0 aliphatic heterocycles. The summed E-state index contributed by atoms with van der Waals surface area (Å²) in [6.45, 7) is 4.40. The third kappa shape index (κ3) is 1.72. The molecule has 0 saturated carbocycles. The van der Waals surface area contributed by atoms with Crippen molar-refractivity contribution >= 4 is 0 Å². The quantitative estimate of drug-likeness (QED) is 0.696. The van der Waals surface area contributed by atoms with Gasteiger partial charge in [0.15, 0.2) is 0 Å². The molecule has 3 heteroatoms. The van der Waals surface area contributed by atoms with Gasteiger partial charge in [-0.05, 0) is 23.8 Å². The molecule has 3 nitrogen and oxygen atoms in total. The minimum absolute atomic E-state index is 0.0543. The number of hydrogen-bond donors (Lipinski definition) is 1. The molecule has 0 spiro atoms. The lowest BCUT2D eigenvalue weighted by Gasteiger charge is -2.36. The van der Waals surface area contributed by atoms with Crippen molar-refractivity contribution in [3.8, 4) is 0 Å². The van der Waals surface area contributed by atoms with Gasteiger partial charge in [-0.25, -0.2) is 0 Å². The van der Waals surface area contributed by atoms with Crippen molar-refractivity contribution in [2.75, 3.05) is 0 Å². The molecule has 82 valence electrons. The maximum Gasteiger partial charge on any atom is 0.250 e. The van der Waals surface area contributed by atoms with Crippen molar-refractivity contribution in [1.29, 1.82) is 0 Å². The lowest BCUT2D eigenvalue weighted by atomic mass is 9.74. The Kier molecular flexibility index (Phi) is 2.23. The van der Waals surface area contributed by atoms with Crippen molar-refractivity contribution in [2.24, 2.45) is 18.2 Å². The largest absolute Gasteiger partial charge is 0.324 e. The molecule has 1 atom stereocenters. The lowest BCUT2D eigenvalue weighted by Crippen LogP contribution is -2.34. The second-order valence-corrected chi connectivity index (χ2v) is 5.28. The summed E-state index contributed by atoms with van der Waals surface area (Å²) in [6, 6.07) is 3.56. The molecule has 1 heterocycles. The lowest BCUT2D eigenvalue weighted by molar-refractivity contribution is 0.273. The molecule has 2 N–H and O–H groups in total. The molecular weight excluding hydrogens is 188 g/mol. The van der Waals surface area contributed by atoms with Crippen LogP contribution >= 0.6 is 0 Å². The van der Waals surface area contributed by atoms with Gasteiger partial charge >= 0.3 is 0 Å². The van der Waals surface area contributed by atoms with Crippen molar-refractivity contribution in [3.63, 3.8) is 0 Å². The highest BCUT2D eigenvalue weighted by Gasteiger charge is 2.31. The maximum absolute atomic E-state index is 11.5. The van der Waals surface area contributed by atoms with Gasteiger partial charge in [0, 0.05) is 24.8 Å². The highest BCUT2D eigenvalue weighted by atomic mass is 16.1. The Hall–Kier alpha value is -1.09. The Morgan fingerprint density at radius 1 is 1.47 bits per heavy atom. The fourth-order valence-corrected chi connectivity index (χ4v) is 2.48. The molecule has 0 aromatic carbocycles. The van der Waals surface area contributed by atoms with Crippen LogP contribution in [0.4, 0.5) is 0 Å². The van der Waals surface area contributed by atoms with E-state index in [9.17, 15) is 4.79 Å². The van der Waals surface area contributed by atoms with Crippen LogP contribution in [0.25, 0.3) is 0 Å². The smallest absolute Gasteiger partial charge is 0.250 e. The van der Waals surface area contributed by atoms with E-state index in [1.807, 2.05) is 13.1 Å². The van der Waals surface area contributed by atoms with Crippen LogP contribution in [-0.2, 0) is 13.5 Å². The number of rotatable bonds is 0. The molecule has 0 radical (unpaired) electrons. The van der Waals surface area contributed by atoms with Gasteiger partial charge in [-0.2, -0.15) is 0 Å². The number of aromatic nitrogens is 1. The summed E-state index contributed by atoms with van der Waals surface area (Å²) < 4.78 is 1.73. The second kappa shape index (κ2) is 3.20. The zero-order valence-corrected chi connectivity index (χ0v) is 9.58. The van der Waals surface area contributed by atoms with Crippen LogP contribution in [0.5, 0.6) is 0 Å². The van der Waals surface area contributed by atoms with E-state index in [0.717, 1.165) is 24.1 Å². The minimum atomic E-state index is 0.0543. The molecule has 1 aliphatic carbocycles. The van der Waals surface area contributed by atoms with E-state index in [0.29, 0.717) is 0 Å². The Morgan fingerprint density at radius 3 is 2.80 bits per heavy atom. The van der Waals surface area contributed by atoms with Crippen molar-refractivity contribution in [1.82, 2.24) is 4.57 Å². The van der Waals surface area contributed by atoms with Crippen LogP contribution in [0.1, 0.15) is 37.6 Å². The Balaban J connectivity index is 2.61. The molecule has 0 fully saturated rings. The summed E-state index contributed by atoms with van der Waals surface area (Å²) in [5.41, 5.74) is 8.61. The molecule has 1 aromatic rings. The molecule has 0 amide bonds. The van der Waals surface area contributed by atoms with Crippen molar-refractivity contribution in [3.05, 3.63) is 33.7 Å². The van der Waals surface area contributed by atoms with Crippen molar-refractivity contribution < 1.29 is 0 Å². The zero-order valence-electron chi connectivity index (χ0n) is 9.58. The van der Waals surface area contributed by atoms with Gasteiger partial charge in [-0.15, -0.1) is 0 Å². The number of hydrogen-bond acceptors (Lipinski definition) is 2. The first-order valence-electron chi connectivity index (χ1n) is 5.35. The van der Waals surface area contributed by atoms with Crippen molar-refractivity contribution in [2.45, 2.75) is 32.7 Å². The summed E-state index contributed by atoms with van der Waals surface area (Å²) in [6.07, 6.45) is 1.92. The molecular formula is C12H18N2O. The van der Waals surface area contributed by atoms with E-state index in [1.165, 1.54) is 0 Å². The van der Waals surface area contributed by atoms with Gasteiger partial charge < -0.3 is 10.3 Å². The monoisotopic (exact) mass is 206 g/mol. The fraction of sp³-hybridized carbons (Fsp3) is 0.583. The fourth-order valence-electron chi connectivity index (χ4n) is 2.48. The predicted octanol–water partition coefficient (Wildman–Crippen LogP) is 1.36. The topological polar surface area (TPSA) is 48.0 Å². The summed E-state index contributed by atoms with van der Waals surface area (Å²) >= 11 is 0. The average molecular weight is 206 g/mol. The molecule has 1 aromatic heterocycles. The van der Waals surface area contributed by atoms with Crippen LogP contribution in [0.2, 0.25) is 0 Å². The Bertz CT molecular complexity index is 445. The number of pyridine rings is 1. The molecule has 2 rings (SSSR count). The molecule has 15 heavy (non-hydrogen) atoms. The molecule has 0 bridgehead atoms. The van der Waals surface area contributed by atoms with E-state index in [4.69, 9.17) is 5.73 Å².